The topological polar surface area (TPSA) is 84.4 Å². The quantitative estimate of drug-likeness (QED) is 0.330. The van der Waals surface area contributed by atoms with E-state index in [1.165, 1.54) is 5.56 Å². The predicted octanol–water partition coefficient (Wildman–Crippen LogP) is 5.15. The minimum Gasteiger partial charge on any atom is -0.473 e. The van der Waals surface area contributed by atoms with Gasteiger partial charge in [-0.25, -0.2) is 9.97 Å². The van der Waals surface area contributed by atoms with Gasteiger partial charge in [-0.1, -0.05) is 36.4 Å². The number of hydrogen-bond donors (Lipinski definition) is 2. The number of anilines is 3. The Morgan fingerprint density at radius 1 is 1.00 bits per heavy atom. The van der Waals surface area contributed by atoms with Gasteiger partial charge in [-0.05, 0) is 55.8 Å². The second-order valence-electron chi connectivity index (χ2n) is 9.68. The molecule has 202 valence electrons. The molecule has 2 aliphatic heterocycles. The van der Waals surface area contributed by atoms with E-state index in [0.29, 0.717) is 12.5 Å². The van der Waals surface area contributed by atoms with E-state index in [2.05, 4.69) is 39.6 Å². The lowest BCUT2D eigenvalue weighted by atomic mass is 10.0. The first kappa shape index (κ1) is 26.9. The molecule has 1 saturated heterocycles. The first-order valence-corrected chi connectivity index (χ1v) is 13.2. The average Bonchev–Trinajstić information content (AvgIpc) is 2.97. The molecule has 2 N–H and O–H groups in total. The molecule has 0 saturated carbocycles. The van der Waals surface area contributed by atoms with E-state index in [0.717, 1.165) is 79.2 Å². The number of ether oxygens (including phenoxy) is 2. The van der Waals surface area contributed by atoms with E-state index in [4.69, 9.17) is 19.4 Å². The molecule has 8 nitrogen and oxygen atoms in total. The fraction of sp³-hybridized carbons (Fsp3) is 0.300. The maximum absolute atomic E-state index is 5.88. The van der Waals surface area contributed by atoms with Gasteiger partial charge in [0.15, 0.2) is 5.82 Å². The Morgan fingerprint density at radius 2 is 1.85 bits per heavy atom. The van der Waals surface area contributed by atoms with E-state index in [-0.39, 0.29) is 18.4 Å². The molecule has 1 fully saturated rings. The lowest BCUT2D eigenvalue weighted by molar-refractivity contribution is 0.0984. The van der Waals surface area contributed by atoms with Crippen LogP contribution in [0.15, 0.2) is 72.8 Å². The zero-order valence-corrected chi connectivity index (χ0v) is 22.8. The minimum absolute atomic E-state index is 0. The minimum atomic E-state index is 0. The number of halogens is 1. The maximum atomic E-state index is 5.88. The van der Waals surface area contributed by atoms with Crippen LogP contribution in [0.4, 0.5) is 17.3 Å². The number of benzene rings is 2. The van der Waals surface area contributed by atoms with Crippen LogP contribution >= 0.6 is 12.4 Å². The smallest absolute Gasteiger partial charge is 0.215 e. The molecule has 0 bridgehead atoms. The second kappa shape index (κ2) is 12.4. The number of fused-ring (bicyclic) bond motifs is 1. The molecule has 4 heterocycles. The molecule has 0 spiro atoms. The molecule has 2 aliphatic rings. The van der Waals surface area contributed by atoms with Crippen LogP contribution in [0, 0.1) is 0 Å². The van der Waals surface area contributed by atoms with Crippen LogP contribution in [-0.4, -0.2) is 47.3 Å². The predicted molar refractivity (Wildman–Crippen MR) is 156 cm³/mol. The van der Waals surface area contributed by atoms with Gasteiger partial charge in [-0.3, -0.25) is 0 Å². The summed E-state index contributed by atoms with van der Waals surface area (Å²) < 4.78 is 11.6. The van der Waals surface area contributed by atoms with Crippen molar-refractivity contribution in [1.29, 1.82) is 0 Å². The molecule has 39 heavy (non-hydrogen) atoms. The molecule has 0 aliphatic carbocycles. The highest BCUT2D eigenvalue weighted by atomic mass is 35.5. The van der Waals surface area contributed by atoms with Gasteiger partial charge in [0.2, 0.25) is 5.88 Å². The third-order valence-corrected chi connectivity index (χ3v) is 6.92. The Bertz CT molecular complexity index is 1390. The van der Waals surface area contributed by atoms with Crippen molar-refractivity contribution in [2.75, 3.05) is 36.5 Å². The number of nitrogens with zero attached hydrogens (tertiary/aromatic N) is 4. The van der Waals surface area contributed by atoms with Gasteiger partial charge in [-0.2, -0.15) is 4.98 Å². The fourth-order valence-corrected chi connectivity index (χ4v) is 4.89. The molecular formula is C30H33ClN6O2. The van der Waals surface area contributed by atoms with Gasteiger partial charge in [0, 0.05) is 36.0 Å². The molecule has 2 aromatic carbocycles. The van der Waals surface area contributed by atoms with E-state index < -0.39 is 0 Å². The van der Waals surface area contributed by atoms with Crippen molar-refractivity contribution in [1.82, 2.24) is 20.3 Å². The highest BCUT2D eigenvalue weighted by Gasteiger charge is 2.27. The monoisotopic (exact) mass is 544 g/mol. The first-order chi connectivity index (χ1) is 18.7. The number of morpholine rings is 1. The molecular weight excluding hydrogens is 512 g/mol. The Balaban J connectivity index is 0.00000308. The van der Waals surface area contributed by atoms with Gasteiger partial charge >= 0.3 is 0 Å². The third-order valence-electron chi connectivity index (χ3n) is 6.92. The summed E-state index contributed by atoms with van der Waals surface area (Å²) in [4.78, 5) is 17.0. The van der Waals surface area contributed by atoms with E-state index in [9.17, 15) is 0 Å². The van der Waals surface area contributed by atoms with Gasteiger partial charge in [0.05, 0.1) is 24.9 Å². The summed E-state index contributed by atoms with van der Waals surface area (Å²) in [7, 11) is 0. The van der Waals surface area contributed by atoms with Gasteiger partial charge < -0.3 is 25.0 Å². The SMILES string of the molecule is C[C@H]1COCCN1c1nc(-c2ccc(Nc3cccc(OCc4ccccc4)n3)cc2)nc2c1CCNC2.Cl. The molecule has 9 heteroatoms. The van der Waals surface area contributed by atoms with Crippen LogP contribution in [-0.2, 0) is 24.3 Å². The summed E-state index contributed by atoms with van der Waals surface area (Å²) in [5.74, 6) is 3.11. The lowest BCUT2D eigenvalue weighted by Gasteiger charge is -2.36. The van der Waals surface area contributed by atoms with Crippen LogP contribution in [0.1, 0.15) is 23.7 Å². The van der Waals surface area contributed by atoms with Crippen LogP contribution in [0.5, 0.6) is 5.88 Å². The summed E-state index contributed by atoms with van der Waals surface area (Å²) in [5, 5.41) is 6.84. The summed E-state index contributed by atoms with van der Waals surface area (Å²) in [6.07, 6.45) is 0.943. The summed E-state index contributed by atoms with van der Waals surface area (Å²) in [6.45, 7) is 6.70. The molecule has 1 atom stereocenters. The van der Waals surface area contributed by atoms with Crippen LogP contribution in [0.2, 0.25) is 0 Å². The molecule has 0 unspecified atom stereocenters. The third kappa shape index (κ3) is 6.30. The Labute approximate surface area is 235 Å². The Kier molecular flexibility index (Phi) is 8.56. The highest BCUT2D eigenvalue weighted by molar-refractivity contribution is 5.85. The number of nitrogens with one attached hydrogen (secondary N) is 2. The van der Waals surface area contributed by atoms with Crippen LogP contribution < -0.4 is 20.3 Å². The van der Waals surface area contributed by atoms with Gasteiger partial charge in [-0.15, -0.1) is 12.4 Å². The van der Waals surface area contributed by atoms with Gasteiger partial charge in [0.25, 0.3) is 0 Å². The van der Waals surface area contributed by atoms with Gasteiger partial charge in [0.1, 0.15) is 18.2 Å². The van der Waals surface area contributed by atoms with Crippen molar-refractivity contribution in [3.05, 3.63) is 89.6 Å². The Hall–Kier alpha value is -3.72. The van der Waals surface area contributed by atoms with E-state index >= 15 is 0 Å². The highest BCUT2D eigenvalue weighted by Crippen LogP contribution is 2.30. The number of hydrogen-bond acceptors (Lipinski definition) is 8. The molecule has 4 aromatic rings. The standard InChI is InChI=1S/C30H32N6O2.ClH/c1-21-19-37-17-16-36(21)30-25-14-15-31-18-26(25)33-29(35-30)23-10-12-24(13-11-23)32-27-8-5-9-28(34-27)38-20-22-6-3-2-4-7-22;/h2-13,21,31H,14-20H2,1H3,(H,32,34);1H/t21-;/m0./s1. The summed E-state index contributed by atoms with van der Waals surface area (Å²) in [6, 6.07) is 24.3. The largest absolute Gasteiger partial charge is 0.473 e. The lowest BCUT2D eigenvalue weighted by Crippen LogP contribution is -2.45. The van der Waals surface area contributed by atoms with E-state index in [1.807, 2.05) is 60.7 Å². The zero-order chi connectivity index (χ0) is 25.7. The molecule has 2 aromatic heterocycles. The molecule has 0 amide bonds. The summed E-state index contributed by atoms with van der Waals surface area (Å²) in [5.41, 5.74) is 5.38. The molecule has 0 radical (unpaired) electrons. The average molecular weight is 545 g/mol. The van der Waals surface area contributed by atoms with Crippen molar-refractivity contribution in [3.8, 4) is 17.3 Å². The second-order valence-corrected chi connectivity index (χ2v) is 9.68. The normalized spacial score (nSPS) is 16.6. The van der Waals surface area contributed by atoms with E-state index in [1.54, 1.807) is 0 Å². The number of rotatable bonds is 7. The Morgan fingerprint density at radius 3 is 2.67 bits per heavy atom. The summed E-state index contributed by atoms with van der Waals surface area (Å²) >= 11 is 0. The molecule has 6 rings (SSSR count). The van der Waals surface area contributed by atoms with Crippen LogP contribution in [0.3, 0.4) is 0 Å². The fourth-order valence-electron chi connectivity index (χ4n) is 4.89. The van der Waals surface area contributed by atoms with Crippen molar-refractivity contribution in [2.45, 2.75) is 32.5 Å². The van der Waals surface area contributed by atoms with Crippen molar-refractivity contribution in [2.24, 2.45) is 0 Å². The van der Waals surface area contributed by atoms with Crippen molar-refractivity contribution < 1.29 is 9.47 Å². The number of aromatic nitrogens is 3. The number of pyridine rings is 1. The van der Waals surface area contributed by atoms with Crippen molar-refractivity contribution >= 4 is 29.7 Å². The zero-order valence-electron chi connectivity index (χ0n) is 22.0. The van der Waals surface area contributed by atoms with Crippen LogP contribution in [0.25, 0.3) is 11.4 Å². The maximum Gasteiger partial charge on any atom is 0.215 e. The first-order valence-electron chi connectivity index (χ1n) is 13.2. The van der Waals surface area contributed by atoms with Crippen molar-refractivity contribution in [3.63, 3.8) is 0 Å².